The van der Waals surface area contributed by atoms with Crippen molar-refractivity contribution < 1.29 is 14.3 Å². The highest BCUT2D eigenvalue weighted by Crippen LogP contribution is 2.03. The lowest BCUT2D eigenvalue weighted by molar-refractivity contribution is -0.134. The maximum atomic E-state index is 11.8. The van der Waals surface area contributed by atoms with Crippen LogP contribution in [0.2, 0.25) is 0 Å². The Bertz CT molecular complexity index is 500. The second-order valence-corrected chi connectivity index (χ2v) is 3.60. The first-order valence-electron chi connectivity index (χ1n) is 5.63. The van der Waals surface area contributed by atoms with Crippen LogP contribution < -0.4 is 10.6 Å². The highest BCUT2D eigenvalue weighted by Gasteiger charge is 2.08. The van der Waals surface area contributed by atoms with E-state index in [0.717, 1.165) is 0 Å². The molecule has 0 fully saturated rings. The number of rotatable bonds is 5. The van der Waals surface area contributed by atoms with E-state index in [2.05, 4.69) is 25.3 Å². The lowest BCUT2D eigenvalue weighted by Gasteiger charge is -2.05. The fourth-order valence-corrected chi connectivity index (χ4v) is 1.26. The van der Waals surface area contributed by atoms with Crippen molar-refractivity contribution in [3.8, 4) is 0 Å². The number of nitrogens with one attached hydrogen (secondary N) is 2. The number of carbonyl (C=O) groups is 2. The zero-order valence-electron chi connectivity index (χ0n) is 11.1. The molecular weight excluding hydrogens is 248 g/mol. The van der Waals surface area contributed by atoms with Crippen LogP contribution in [0, 0.1) is 6.92 Å². The molecule has 1 heterocycles. The Hall–Kier alpha value is -2.44. The molecule has 2 N–H and O–H groups in total. The quantitative estimate of drug-likeness (QED) is 0.586. The molecule has 1 aromatic heterocycles. The van der Waals surface area contributed by atoms with E-state index in [9.17, 15) is 9.59 Å². The van der Waals surface area contributed by atoms with Gasteiger partial charge in [-0.3, -0.25) is 4.79 Å². The van der Waals surface area contributed by atoms with Crippen molar-refractivity contribution in [1.29, 1.82) is 0 Å². The molecule has 0 aliphatic rings. The smallest absolute Gasteiger partial charge is 0.330 e. The Balaban J connectivity index is 2.61. The van der Waals surface area contributed by atoms with Gasteiger partial charge in [-0.15, -0.1) is 0 Å². The summed E-state index contributed by atoms with van der Waals surface area (Å²) in [7, 11) is 2.96. The Kier molecular flexibility index (Phi) is 5.46. The van der Waals surface area contributed by atoms with E-state index in [1.165, 1.54) is 19.3 Å². The molecule has 0 bridgehead atoms. The summed E-state index contributed by atoms with van der Waals surface area (Å²) in [4.78, 5) is 30.7. The average molecular weight is 264 g/mol. The standard InChI is InChI=1S/C12H16N4O3/c1-8-7-9(16-12(13-2)15-8)11(18)14-6-4-5-10(17)19-3/h4-5,7H,6H2,1-3H3,(H,14,18)(H,13,15,16)/b5-4+. The lowest BCUT2D eigenvalue weighted by atomic mass is 10.3. The van der Waals surface area contributed by atoms with Crippen LogP contribution in [0.15, 0.2) is 18.2 Å². The van der Waals surface area contributed by atoms with Gasteiger partial charge in [-0.1, -0.05) is 6.08 Å². The number of anilines is 1. The monoisotopic (exact) mass is 264 g/mol. The molecule has 0 spiro atoms. The van der Waals surface area contributed by atoms with Gasteiger partial charge >= 0.3 is 5.97 Å². The highest BCUT2D eigenvalue weighted by molar-refractivity contribution is 5.92. The van der Waals surface area contributed by atoms with Crippen molar-refractivity contribution in [2.75, 3.05) is 26.0 Å². The molecule has 1 aromatic rings. The van der Waals surface area contributed by atoms with Crippen molar-refractivity contribution in [3.05, 3.63) is 29.6 Å². The number of amides is 1. The normalized spacial score (nSPS) is 10.3. The first-order valence-corrected chi connectivity index (χ1v) is 5.63. The van der Waals surface area contributed by atoms with Gasteiger partial charge in [0.1, 0.15) is 5.69 Å². The van der Waals surface area contributed by atoms with Crippen LogP contribution in [0.4, 0.5) is 5.95 Å². The Morgan fingerprint density at radius 3 is 2.79 bits per heavy atom. The minimum Gasteiger partial charge on any atom is -0.466 e. The topological polar surface area (TPSA) is 93.2 Å². The molecule has 7 heteroatoms. The SMILES string of the molecule is CNc1nc(C)cc(C(=O)NC/C=C/C(=O)OC)n1. The Morgan fingerprint density at radius 1 is 1.42 bits per heavy atom. The van der Waals surface area contributed by atoms with Gasteiger partial charge < -0.3 is 15.4 Å². The van der Waals surface area contributed by atoms with Crippen molar-refractivity contribution in [3.63, 3.8) is 0 Å². The van der Waals surface area contributed by atoms with Crippen LogP contribution in [-0.4, -0.2) is 42.5 Å². The molecule has 0 atom stereocenters. The molecule has 102 valence electrons. The second kappa shape index (κ2) is 7.10. The summed E-state index contributed by atoms with van der Waals surface area (Å²) in [5.41, 5.74) is 0.956. The molecule has 0 radical (unpaired) electrons. The fraction of sp³-hybridized carbons (Fsp3) is 0.333. The molecule has 0 unspecified atom stereocenters. The minimum absolute atomic E-state index is 0.214. The largest absolute Gasteiger partial charge is 0.466 e. The van der Waals surface area contributed by atoms with Crippen LogP contribution in [-0.2, 0) is 9.53 Å². The minimum atomic E-state index is -0.468. The van der Waals surface area contributed by atoms with Gasteiger partial charge in [0.05, 0.1) is 7.11 Å². The third kappa shape index (κ3) is 4.74. The third-order valence-corrected chi connectivity index (χ3v) is 2.15. The Morgan fingerprint density at radius 2 is 2.16 bits per heavy atom. The molecule has 0 aromatic carbocycles. The number of methoxy groups -OCH3 is 1. The Labute approximate surface area is 111 Å². The summed E-state index contributed by atoms with van der Waals surface area (Å²) in [5, 5.41) is 5.38. The summed E-state index contributed by atoms with van der Waals surface area (Å²) < 4.78 is 4.42. The van der Waals surface area contributed by atoms with Crippen LogP contribution in [0.25, 0.3) is 0 Å². The number of aryl methyl sites for hydroxylation is 1. The molecule has 0 saturated carbocycles. The van der Waals surface area contributed by atoms with Gasteiger partial charge in [0.2, 0.25) is 5.95 Å². The number of hydrogen-bond donors (Lipinski definition) is 2. The molecule has 0 saturated heterocycles. The predicted molar refractivity (Wildman–Crippen MR) is 69.8 cm³/mol. The number of nitrogens with zero attached hydrogens (tertiary/aromatic N) is 2. The fourth-order valence-electron chi connectivity index (χ4n) is 1.26. The van der Waals surface area contributed by atoms with Gasteiger partial charge in [-0.2, -0.15) is 0 Å². The van der Waals surface area contributed by atoms with Crippen molar-refractivity contribution in [1.82, 2.24) is 15.3 Å². The molecule has 1 amide bonds. The zero-order valence-corrected chi connectivity index (χ0v) is 11.1. The molecule has 0 aliphatic heterocycles. The predicted octanol–water partition coefficient (Wildman–Crippen LogP) is 0.286. The molecule has 0 aliphatic carbocycles. The van der Waals surface area contributed by atoms with Gasteiger partial charge in [0.15, 0.2) is 0 Å². The number of hydrogen-bond acceptors (Lipinski definition) is 6. The number of carbonyl (C=O) groups excluding carboxylic acids is 2. The lowest BCUT2D eigenvalue weighted by Crippen LogP contribution is -2.25. The van der Waals surface area contributed by atoms with Crippen molar-refractivity contribution >= 4 is 17.8 Å². The molecule has 7 nitrogen and oxygen atoms in total. The zero-order chi connectivity index (χ0) is 14.3. The van der Waals surface area contributed by atoms with Crippen LogP contribution in [0.1, 0.15) is 16.2 Å². The maximum Gasteiger partial charge on any atom is 0.330 e. The van der Waals surface area contributed by atoms with E-state index in [4.69, 9.17) is 0 Å². The van der Waals surface area contributed by atoms with Crippen LogP contribution in [0.5, 0.6) is 0 Å². The first kappa shape index (κ1) is 14.6. The molecule has 1 rings (SSSR count). The summed E-state index contributed by atoms with van der Waals surface area (Å²) in [6.07, 6.45) is 2.74. The number of ether oxygens (including phenoxy) is 1. The van der Waals surface area contributed by atoms with Gasteiger partial charge in [-0.05, 0) is 13.0 Å². The van der Waals surface area contributed by atoms with Crippen LogP contribution in [0.3, 0.4) is 0 Å². The van der Waals surface area contributed by atoms with E-state index in [0.29, 0.717) is 11.6 Å². The highest BCUT2D eigenvalue weighted by atomic mass is 16.5. The second-order valence-electron chi connectivity index (χ2n) is 3.60. The first-order chi connectivity index (χ1) is 9.06. The summed E-state index contributed by atoms with van der Waals surface area (Å²) in [6, 6.07) is 1.58. The van der Waals surface area contributed by atoms with E-state index in [-0.39, 0.29) is 18.1 Å². The molecule has 19 heavy (non-hydrogen) atoms. The van der Waals surface area contributed by atoms with E-state index >= 15 is 0 Å². The van der Waals surface area contributed by atoms with Crippen molar-refractivity contribution in [2.45, 2.75) is 6.92 Å². The van der Waals surface area contributed by atoms with Gasteiger partial charge in [0, 0.05) is 25.4 Å². The summed E-state index contributed by atoms with van der Waals surface area (Å²) in [6.45, 7) is 1.99. The number of esters is 1. The van der Waals surface area contributed by atoms with E-state index < -0.39 is 5.97 Å². The maximum absolute atomic E-state index is 11.8. The molecular formula is C12H16N4O3. The van der Waals surface area contributed by atoms with Gasteiger partial charge in [-0.25, -0.2) is 14.8 Å². The van der Waals surface area contributed by atoms with E-state index in [1.807, 2.05) is 0 Å². The average Bonchev–Trinajstić information content (AvgIpc) is 2.42. The van der Waals surface area contributed by atoms with Crippen LogP contribution >= 0.6 is 0 Å². The third-order valence-electron chi connectivity index (χ3n) is 2.15. The summed E-state index contributed by atoms with van der Waals surface area (Å²) in [5.74, 6) is -0.420. The number of aromatic nitrogens is 2. The van der Waals surface area contributed by atoms with Crippen molar-refractivity contribution in [2.24, 2.45) is 0 Å². The van der Waals surface area contributed by atoms with E-state index in [1.54, 1.807) is 20.0 Å². The van der Waals surface area contributed by atoms with Gasteiger partial charge in [0.25, 0.3) is 5.91 Å². The summed E-state index contributed by atoms with van der Waals surface area (Å²) >= 11 is 0.